The molecular formula is C30H40N2O6S. The first kappa shape index (κ1) is 28.1. The van der Waals surface area contributed by atoms with Crippen LogP contribution >= 0.6 is 11.8 Å². The molecule has 39 heavy (non-hydrogen) atoms. The molecule has 8 nitrogen and oxygen atoms in total. The minimum Gasteiger partial charge on any atom is -0.458 e. The highest BCUT2D eigenvalue weighted by Gasteiger charge is 2.68. The van der Waals surface area contributed by atoms with Crippen molar-refractivity contribution >= 4 is 29.4 Å². The van der Waals surface area contributed by atoms with Gasteiger partial charge in [-0.1, -0.05) is 33.8 Å². The average Bonchev–Trinajstić information content (AvgIpc) is 3.22. The summed E-state index contributed by atoms with van der Waals surface area (Å²) in [4.78, 5) is 52.9. The molecule has 1 aromatic rings. The first-order chi connectivity index (χ1) is 18.4. The Morgan fingerprint density at radius 2 is 1.95 bits per heavy atom. The second kappa shape index (κ2) is 9.91. The Hall–Kier alpha value is -2.39. The van der Waals surface area contributed by atoms with Crippen molar-refractivity contribution in [3.63, 3.8) is 0 Å². The SMILES string of the molecule is C=C[C@]1(C)C[C@@H](OC(=O)c2cccn(NC(=O)C3CSC3)c2=O)[C@@]2(C)C3C(=O)CC[C@@]3(CC[C@H]2C)[C@@H](C)[C@@H]1O. The van der Waals surface area contributed by atoms with Crippen LogP contribution in [0.5, 0.6) is 0 Å². The molecule has 2 heterocycles. The zero-order chi connectivity index (χ0) is 28.3. The molecule has 9 heteroatoms. The number of ether oxygens (including phenoxy) is 1. The molecule has 1 unspecified atom stereocenters. The van der Waals surface area contributed by atoms with Crippen molar-refractivity contribution in [3.8, 4) is 0 Å². The molecule has 4 aliphatic rings. The van der Waals surface area contributed by atoms with Gasteiger partial charge < -0.3 is 9.84 Å². The van der Waals surface area contributed by atoms with E-state index in [0.717, 1.165) is 17.5 Å². The van der Waals surface area contributed by atoms with Gasteiger partial charge in [-0.3, -0.25) is 19.8 Å². The fraction of sp³-hybridized carbons (Fsp3) is 0.667. The van der Waals surface area contributed by atoms with E-state index in [9.17, 15) is 24.3 Å². The molecule has 0 spiro atoms. The summed E-state index contributed by atoms with van der Waals surface area (Å²) in [6, 6.07) is 2.93. The zero-order valence-electron chi connectivity index (χ0n) is 23.3. The number of aliphatic hydroxyl groups is 1. The lowest BCUT2D eigenvalue weighted by Crippen LogP contribution is -2.63. The Bertz CT molecular complexity index is 1260. The number of Topliss-reactive ketones (excluding diaryl/α,β-unsaturated/α-hetero) is 1. The Morgan fingerprint density at radius 1 is 1.23 bits per heavy atom. The van der Waals surface area contributed by atoms with E-state index >= 15 is 0 Å². The molecule has 3 aliphatic carbocycles. The molecule has 1 saturated heterocycles. The van der Waals surface area contributed by atoms with Gasteiger partial charge >= 0.3 is 5.97 Å². The summed E-state index contributed by atoms with van der Waals surface area (Å²) in [7, 11) is 0. The van der Waals surface area contributed by atoms with E-state index in [-0.39, 0.29) is 52.8 Å². The quantitative estimate of drug-likeness (QED) is 0.419. The summed E-state index contributed by atoms with van der Waals surface area (Å²) < 4.78 is 7.28. The van der Waals surface area contributed by atoms with Crippen LogP contribution in [0, 0.1) is 39.9 Å². The number of ketones is 1. The van der Waals surface area contributed by atoms with Gasteiger partial charge in [0.05, 0.1) is 12.0 Å². The predicted octanol–water partition coefficient (Wildman–Crippen LogP) is 3.80. The second-order valence-electron chi connectivity index (χ2n) is 12.8. The zero-order valence-corrected chi connectivity index (χ0v) is 24.1. The van der Waals surface area contributed by atoms with Crippen LogP contribution in [0.2, 0.25) is 0 Å². The highest BCUT2D eigenvalue weighted by Crippen LogP contribution is 2.68. The number of thioether (sulfide) groups is 1. The van der Waals surface area contributed by atoms with Crippen molar-refractivity contribution in [1.29, 1.82) is 0 Å². The minimum absolute atomic E-state index is 0.0825. The second-order valence-corrected chi connectivity index (χ2v) is 13.9. The van der Waals surface area contributed by atoms with Gasteiger partial charge in [-0.25, -0.2) is 9.47 Å². The molecule has 2 N–H and O–H groups in total. The standard InChI is InChI=1S/C30H40N2O6S/c1-6-28(4)14-22(29(5)17(2)9-11-30(18(3)24(28)34)12-10-21(33)23(29)30)38-27(37)20-8-7-13-32(26(20)36)31-25(35)19-15-39-16-19/h6-8,13,17-19,22-24,34H,1,9-12,14-16H2,2-5H3,(H,31,35)/t17-,18+,22-,23?,24+,28-,29+,30+/m1/s1. The molecule has 2 bridgehead atoms. The van der Waals surface area contributed by atoms with Gasteiger partial charge in [-0.15, -0.1) is 6.58 Å². The van der Waals surface area contributed by atoms with Crippen LogP contribution in [0.3, 0.4) is 0 Å². The number of nitrogens with one attached hydrogen (secondary N) is 1. The molecule has 4 fully saturated rings. The maximum absolute atomic E-state index is 13.7. The van der Waals surface area contributed by atoms with Crippen molar-refractivity contribution in [2.75, 3.05) is 16.9 Å². The van der Waals surface area contributed by atoms with Crippen LogP contribution in [-0.2, 0) is 14.3 Å². The Kier molecular flexibility index (Phi) is 7.15. The van der Waals surface area contributed by atoms with Crippen LogP contribution in [0.1, 0.15) is 70.2 Å². The van der Waals surface area contributed by atoms with Gasteiger partial charge in [0.15, 0.2) is 0 Å². The molecule has 212 valence electrons. The van der Waals surface area contributed by atoms with Crippen LogP contribution in [0.25, 0.3) is 0 Å². The number of rotatable bonds is 5. The smallest absolute Gasteiger partial charge is 0.344 e. The average molecular weight is 557 g/mol. The number of aliphatic hydroxyl groups excluding tert-OH is 1. The van der Waals surface area contributed by atoms with Crippen molar-refractivity contribution in [3.05, 3.63) is 46.9 Å². The molecule has 0 radical (unpaired) electrons. The maximum atomic E-state index is 13.7. The van der Waals surface area contributed by atoms with Gasteiger partial charge in [0.1, 0.15) is 17.5 Å². The molecule has 8 atom stereocenters. The fourth-order valence-corrected chi connectivity index (χ4v) is 8.80. The van der Waals surface area contributed by atoms with Gasteiger partial charge in [-0.2, -0.15) is 11.8 Å². The van der Waals surface area contributed by atoms with Crippen LogP contribution in [-0.4, -0.2) is 51.2 Å². The number of carbonyl (C=O) groups excluding carboxylic acids is 3. The summed E-state index contributed by atoms with van der Waals surface area (Å²) in [5.74, 6) is -0.0250. The van der Waals surface area contributed by atoms with Gasteiger partial charge in [0, 0.05) is 40.9 Å². The summed E-state index contributed by atoms with van der Waals surface area (Å²) in [6.45, 7) is 12.2. The van der Waals surface area contributed by atoms with Crippen LogP contribution in [0.15, 0.2) is 35.8 Å². The minimum atomic E-state index is -0.794. The predicted molar refractivity (Wildman–Crippen MR) is 150 cm³/mol. The lowest BCUT2D eigenvalue weighted by Gasteiger charge is -2.61. The lowest BCUT2D eigenvalue weighted by molar-refractivity contribution is -0.192. The monoisotopic (exact) mass is 556 g/mol. The third-order valence-electron chi connectivity index (χ3n) is 11.0. The van der Waals surface area contributed by atoms with E-state index in [0.29, 0.717) is 24.3 Å². The van der Waals surface area contributed by atoms with Crippen molar-refractivity contribution < 1.29 is 24.2 Å². The van der Waals surface area contributed by atoms with Crippen LogP contribution < -0.4 is 11.0 Å². The maximum Gasteiger partial charge on any atom is 0.344 e. The highest BCUT2D eigenvalue weighted by molar-refractivity contribution is 8.00. The number of pyridine rings is 1. The van der Waals surface area contributed by atoms with Gasteiger partial charge in [0.2, 0.25) is 5.91 Å². The Balaban J connectivity index is 1.53. The number of hydrogen-bond donors (Lipinski definition) is 2. The van der Waals surface area contributed by atoms with Crippen molar-refractivity contribution in [2.45, 2.75) is 72.0 Å². The topological polar surface area (TPSA) is 115 Å². The third kappa shape index (κ3) is 4.22. The van der Waals surface area contributed by atoms with E-state index in [1.807, 2.05) is 6.92 Å². The number of amides is 1. The first-order valence-corrected chi connectivity index (χ1v) is 15.2. The van der Waals surface area contributed by atoms with E-state index in [2.05, 4.69) is 32.8 Å². The molecule has 1 aromatic heterocycles. The largest absolute Gasteiger partial charge is 0.458 e. The molecule has 3 saturated carbocycles. The first-order valence-electron chi connectivity index (χ1n) is 14.0. The molecular weight excluding hydrogens is 516 g/mol. The van der Waals surface area contributed by atoms with E-state index in [1.54, 1.807) is 17.8 Å². The number of aromatic nitrogens is 1. The van der Waals surface area contributed by atoms with Gasteiger partial charge in [0.25, 0.3) is 5.56 Å². The number of nitrogens with zero attached hydrogens (tertiary/aromatic N) is 1. The van der Waals surface area contributed by atoms with E-state index in [1.165, 1.54) is 18.3 Å². The highest BCUT2D eigenvalue weighted by atomic mass is 32.2. The summed E-state index contributed by atoms with van der Waals surface area (Å²) in [5, 5.41) is 11.7. The normalized spacial score (nSPS) is 40.0. The summed E-state index contributed by atoms with van der Waals surface area (Å²) in [5.41, 5.74) is -0.0726. The van der Waals surface area contributed by atoms with Crippen molar-refractivity contribution in [1.82, 2.24) is 4.68 Å². The van der Waals surface area contributed by atoms with E-state index in [4.69, 9.17) is 4.74 Å². The number of hydrogen-bond acceptors (Lipinski definition) is 7. The van der Waals surface area contributed by atoms with Crippen molar-refractivity contribution in [2.24, 2.45) is 39.9 Å². The fourth-order valence-electron chi connectivity index (χ4n) is 8.03. The molecule has 1 aliphatic heterocycles. The van der Waals surface area contributed by atoms with Gasteiger partial charge in [-0.05, 0) is 55.1 Å². The molecule has 1 amide bonds. The summed E-state index contributed by atoms with van der Waals surface area (Å²) >= 11 is 1.66. The number of esters is 1. The summed E-state index contributed by atoms with van der Waals surface area (Å²) in [6.07, 6.45) is 4.83. The lowest BCUT2D eigenvalue weighted by atomic mass is 9.44. The van der Waals surface area contributed by atoms with Crippen LogP contribution in [0.4, 0.5) is 0 Å². The third-order valence-corrected chi connectivity index (χ3v) is 12.2. The molecule has 5 rings (SSSR count). The number of carbonyl (C=O) groups is 3. The molecule has 0 aromatic carbocycles. The van der Waals surface area contributed by atoms with E-state index < -0.39 is 34.6 Å². The Labute approximate surface area is 233 Å². The Morgan fingerprint density at radius 3 is 2.59 bits per heavy atom.